The van der Waals surface area contributed by atoms with Crippen LogP contribution >= 0.6 is 0 Å². The number of aryl methyl sites for hydroxylation is 1. The third-order valence-electron chi connectivity index (χ3n) is 4.94. The number of hydrogen-bond acceptors (Lipinski definition) is 2. The monoisotopic (exact) mass is 402 g/mol. The van der Waals surface area contributed by atoms with Crippen LogP contribution in [0.1, 0.15) is 27.2 Å². The number of halogens is 3. The quantitative estimate of drug-likeness (QED) is 0.642. The van der Waals surface area contributed by atoms with E-state index in [9.17, 15) is 18.0 Å². The number of alkyl halides is 3. The van der Waals surface area contributed by atoms with Crippen molar-refractivity contribution in [3.8, 4) is 17.0 Å². The highest BCUT2D eigenvalue weighted by molar-refractivity contribution is 5.95. The second-order valence-corrected chi connectivity index (χ2v) is 6.68. The molecule has 29 heavy (non-hydrogen) atoms. The number of carbonyl (C=O) groups is 1. The summed E-state index contributed by atoms with van der Waals surface area (Å²) in [6, 6.07) is 14.1. The molecule has 0 aliphatic rings. The standard InChI is InChI=1S/C22H21F3N2O2/c1-14-18(21(26)28)13-19(15-7-9-17(10-8-15)22(23,24)25)27(14)12-11-16-5-3-4-6-20(16)29-2/h3-10,13H,11-12H2,1-2H3,(H2,26,28). The molecule has 0 saturated heterocycles. The van der Waals surface area contributed by atoms with Crippen molar-refractivity contribution in [3.05, 3.63) is 77.0 Å². The first-order chi connectivity index (χ1) is 13.7. The molecule has 0 saturated carbocycles. The molecule has 0 aliphatic heterocycles. The van der Waals surface area contributed by atoms with Crippen molar-refractivity contribution in [2.75, 3.05) is 7.11 Å². The van der Waals surface area contributed by atoms with E-state index >= 15 is 0 Å². The second kappa shape index (κ2) is 8.03. The lowest BCUT2D eigenvalue weighted by molar-refractivity contribution is -0.137. The Balaban J connectivity index is 1.99. The van der Waals surface area contributed by atoms with Crippen molar-refractivity contribution >= 4 is 5.91 Å². The lowest BCUT2D eigenvalue weighted by Gasteiger charge is -2.14. The predicted octanol–water partition coefficient (Wildman–Crippen LogP) is 4.83. The molecule has 2 N–H and O–H groups in total. The molecule has 0 fully saturated rings. The molecule has 0 aliphatic carbocycles. The van der Waals surface area contributed by atoms with Crippen LogP contribution in [0.25, 0.3) is 11.3 Å². The smallest absolute Gasteiger partial charge is 0.416 e. The minimum Gasteiger partial charge on any atom is -0.496 e. The van der Waals surface area contributed by atoms with Crippen molar-refractivity contribution in [1.29, 1.82) is 0 Å². The Hall–Kier alpha value is -3.22. The van der Waals surface area contributed by atoms with Gasteiger partial charge in [0.1, 0.15) is 5.75 Å². The SMILES string of the molecule is COc1ccccc1CCn1c(-c2ccc(C(F)(F)F)cc2)cc(C(N)=O)c1C. The number of hydrogen-bond donors (Lipinski definition) is 1. The third kappa shape index (κ3) is 4.29. The topological polar surface area (TPSA) is 57.2 Å². The van der Waals surface area contributed by atoms with Crippen LogP contribution in [-0.4, -0.2) is 17.6 Å². The number of methoxy groups -OCH3 is 1. The second-order valence-electron chi connectivity index (χ2n) is 6.68. The molecule has 3 aromatic rings. The maximum absolute atomic E-state index is 12.9. The van der Waals surface area contributed by atoms with Crippen LogP contribution < -0.4 is 10.5 Å². The van der Waals surface area contributed by atoms with E-state index in [1.165, 1.54) is 12.1 Å². The summed E-state index contributed by atoms with van der Waals surface area (Å²) in [5.74, 6) is 0.176. The van der Waals surface area contributed by atoms with Gasteiger partial charge in [0.05, 0.1) is 18.2 Å². The molecule has 0 spiro atoms. The summed E-state index contributed by atoms with van der Waals surface area (Å²) in [4.78, 5) is 11.8. The summed E-state index contributed by atoms with van der Waals surface area (Å²) in [5, 5.41) is 0. The van der Waals surface area contributed by atoms with Crippen LogP contribution in [-0.2, 0) is 19.1 Å². The fraction of sp³-hybridized carbons (Fsp3) is 0.227. The zero-order valence-corrected chi connectivity index (χ0v) is 16.1. The van der Waals surface area contributed by atoms with Gasteiger partial charge >= 0.3 is 6.18 Å². The molecule has 1 aromatic heterocycles. The summed E-state index contributed by atoms with van der Waals surface area (Å²) in [5.41, 5.74) is 7.99. The van der Waals surface area contributed by atoms with Gasteiger partial charge in [0.2, 0.25) is 0 Å². The van der Waals surface area contributed by atoms with Crippen LogP contribution in [0.15, 0.2) is 54.6 Å². The van der Waals surface area contributed by atoms with E-state index in [1.807, 2.05) is 28.8 Å². The number of nitrogens with two attached hydrogens (primary N) is 1. The maximum Gasteiger partial charge on any atom is 0.416 e. The number of primary amides is 1. The highest BCUT2D eigenvalue weighted by Gasteiger charge is 2.30. The lowest BCUT2D eigenvalue weighted by Crippen LogP contribution is -2.13. The summed E-state index contributed by atoms with van der Waals surface area (Å²) >= 11 is 0. The third-order valence-corrected chi connectivity index (χ3v) is 4.94. The first-order valence-corrected chi connectivity index (χ1v) is 9.02. The number of carbonyl (C=O) groups excluding carboxylic acids is 1. The highest BCUT2D eigenvalue weighted by atomic mass is 19.4. The van der Waals surface area contributed by atoms with Crippen molar-refractivity contribution in [1.82, 2.24) is 4.57 Å². The van der Waals surface area contributed by atoms with E-state index < -0.39 is 17.6 Å². The van der Waals surface area contributed by atoms with Crippen LogP contribution in [0.3, 0.4) is 0 Å². The molecule has 3 rings (SSSR count). The van der Waals surface area contributed by atoms with Gasteiger partial charge < -0.3 is 15.0 Å². The lowest BCUT2D eigenvalue weighted by atomic mass is 10.1. The maximum atomic E-state index is 12.9. The number of ether oxygens (including phenoxy) is 1. The van der Waals surface area contributed by atoms with Gasteiger partial charge in [0, 0.05) is 17.9 Å². The van der Waals surface area contributed by atoms with E-state index in [-0.39, 0.29) is 0 Å². The molecule has 2 aromatic carbocycles. The Morgan fingerprint density at radius 2 is 1.76 bits per heavy atom. The molecule has 0 radical (unpaired) electrons. The Labute approximate surface area is 166 Å². The Bertz CT molecular complexity index is 1020. The van der Waals surface area contributed by atoms with Crippen LogP contribution in [0.4, 0.5) is 13.2 Å². The molecule has 1 heterocycles. The van der Waals surface area contributed by atoms with Crippen molar-refractivity contribution < 1.29 is 22.7 Å². The normalized spacial score (nSPS) is 11.5. The van der Waals surface area contributed by atoms with Gasteiger partial charge in [-0.25, -0.2) is 0 Å². The summed E-state index contributed by atoms with van der Waals surface area (Å²) in [6.45, 7) is 2.28. The summed E-state index contributed by atoms with van der Waals surface area (Å²) < 4.78 is 45.9. The largest absolute Gasteiger partial charge is 0.496 e. The van der Waals surface area contributed by atoms with Gasteiger partial charge in [0.15, 0.2) is 0 Å². The van der Waals surface area contributed by atoms with E-state index in [1.54, 1.807) is 20.1 Å². The molecule has 152 valence electrons. The first-order valence-electron chi connectivity index (χ1n) is 9.02. The van der Waals surface area contributed by atoms with Gasteiger partial charge in [-0.3, -0.25) is 4.79 Å². The average Bonchev–Trinajstić information content (AvgIpc) is 3.02. The highest BCUT2D eigenvalue weighted by Crippen LogP contribution is 2.32. The van der Waals surface area contributed by atoms with E-state index in [2.05, 4.69) is 0 Å². The number of para-hydroxylation sites is 1. The number of aromatic nitrogens is 1. The minimum atomic E-state index is -4.40. The minimum absolute atomic E-state index is 0.347. The van der Waals surface area contributed by atoms with Gasteiger partial charge in [-0.15, -0.1) is 0 Å². The molecular weight excluding hydrogens is 381 g/mol. The van der Waals surface area contributed by atoms with Crippen LogP contribution in [0.2, 0.25) is 0 Å². The number of rotatable bonds is 6. The zero-order chi connectivity index (χ0) is 21.2. The molecule has 4 nitrogen and oxygen atoms in total. The van der Waals surface area contributed by atoms with Crippen LogP contribution in [0.5, 0.6) is 5.75 Å². The fourth-order valence-electron chi connectivity index (χ4n) is 3.39. The summed E-state index contributed by atoms with van der Waals surface area (Å²) in [6.07, 6.45) is -3.79. The van der Waals surface area contributed by atoms with Crippen molar-refractivity contribution in [2.45, 2.75) is 26.1 Å². The molecule has 0 atom stereocenters. The zero-order valence-electron chi connectivity index (χ0n) is 16.1. The number of nitrogens with zero attached hydrogens (tertiary/aromatic N) is 1. The fourth-order valence-corrected chi connectivity index (χ4v) is 3.39. The predicted molar refractivity (Wildman–Crippen MR) is 105 cm³/mol. The molecular formula is C22H21F3N2O2. The van der Waals surface area contributed by atoms with E-state index in [0.717, 1.165) is 23.4 Å². The molecule has 0 bridgehead atoms. The first kappa shape index (κ1) is 20.5. The van der Waals surface area contributed by atoms with Gasteiger partial charge in [0.25, 0.3) is 5.91 Å². The molecule has 1 amide bonds. The van der Waals surface area contributed by atoms with Crippen molar-refractivity contribution in [3.63, 3.8) is 0 Å². The van der Waals surface area contributed by atoms with Crippen LogP contribution in [0, 0.1) is 6.92 Å². The van der Waals surface area contributed by atoms with Gasteiger partial charge in [-0.2, -0.15) is 13.2 Å². The molecule has 0 unspecified atom stereocenters. The Morgan fingerprint density at radius 3 is 2.34 bits per heavy atom. The molecule has 7 heteroatoms. The summed E-state index contributed by atoms with van der Waals surface area (Å²) in [7, 11) is 1.60. The Morgan fingerprint density at radius 1 is 1.10 bits per heavy atom. The Kier molecular flexibility index (Phi) is 5.68. The van der Waals surface area contributed by atoms with Gasteiger partial charge in [-0.1, -0.05) is 30.3 Å². The van der Waals surface area contributed by atoms with E-state index in [0.29, 0.717) is 35.5 Å². The van der Waals surface area contributed by atoms with Gasteiger partial charge in [-0.05, 0) is 48.7 Å². The number of amides is 1. The average molecular weight is 402 g/mol. The van der Waals surface area contributed by atoms with Crippen molar-refractivity contribution in [2.24, 2.45) is 5.73 Å². The van der Waals surface area contributed by atoms with E-state index in [4.69, 9.17) is 10.5 Å². The number of benzene rings is 2.